The Bertz CT molecular complexity index is 229. The van der Waals surface area contributed by atoms with Crippen molar-refractivity contribution in [3.05, 3.63) is 24.5 Å². The lowest BCUT2D eigenvalue weighted by Crippen LogP contribution is -1.86. The van der Waals surface area contributed by atoms with Crippen LogP contribution < -0.4 is 0 Å². The molecule has 0 aliphatic carbocycles. The predicted octanol–water partition coefficient (Wildman–Crippen LogP) is 4.30. The van der Waals surface area contributed by atoms with Gasteiger partial charge in [-0.2, -0.15) is 0 Å². The topological polar surface area (TPSA) is 20.2 Å². The van der Waals surface area contributed by atoms with Gasteiger partial charge in [-0.25, -0.2) is 0 Å². The SMILES string of the molecule is Cc1c(O)c(C)c(Br)c(Br)c1Br. The molecular formula is C8H7Br3O. The number of halogens is 3. The second kappa shape index (κ2) is 3.68. The standard InChI is InChI=1S/C8H7Br3O/c1-3-5(9)7(11)6(10)4(2)8(3)12/h12H,1-2H3. The first-order valence-corrected chi connectivity index (χ1v) is 5.67. The normalized spacial score (nSPS) is 10.4. The first kappa shape index (κ1) is 10.5. The summed E-state index contributed by atoms with van der Waals surface area (Å²) in [7, 11) is 0. The fourth-order valence-electron chi connectivity index (χ4n) is 0.915. The number of aromatic hydroxyl groups is 1. The van der Waals surface area contributed by atoms with Crippen LogP contribution in [0.5, 0.6) is 5.75 Å². The van der Waals surface area contributed by atoms with E-state index in [0.717, 1.165) is 24.5 Å². The maximum atomic E-state index is 9.61. The van der Waals surface area contributed by atoms with E-state index in [0.29, 0.717) is 5.75 Å². The number of phenols is 1. The van der Waals surface area contributed by atoms with E-state index in [4.69, 9.17) is 0 Å². The van der Waals surface area contributed by atoms with Crippen LogP contribution in [0.15, 0.2) is 13.4 Å². The molecule has 0 atom stereocenters. The molecule has 0 aliphatic rings. The van der Waals surface area contributed by atoms with Crippen LogP contribution in [0.4, 0.5) is 0 Å². The molecule has 0 saturated carbocycles. The van der Waals surface area contributed by atoms with Crippen LogP contribution in [-0.2, 0) is 0 Å². The first-order chi connectivity index (χ1) is 5.46. The molecule has 0 aliphatic heterocycles. The average Bonchev–Trinajstić information content (AvgIpc) is 2.08. The van der Waals surface area contributed by atoms with Crippen LogP contribution in [0.2, 0.25) is 0 Å². The van der Waals surface area contributed by atoms with Gasteiger partial charge >= 0.3 is 0 Å². The lowest BCUT2D eigenvalue weighted by Gasteiger charge is -2.10. The molecule has 1 rings (SSSR count). The highest BCUT2D eigenvalue weighted by molar-refractivity contribution is 9.14. The third kappa shape index (κ3) is 1.56. The summed E-state index contributed by atoms with van der Waals surface area (Å²) < 4.78 is 2.71. The minimum atomic E-state index is 0.331. The van der Waals surface area contributed by atoms with Crippen molar-refractivity contribution in [2.75, 3.05) is 0 Å². The van der Waals surface area contributed by atoms with Gasteiger partial charge in [0.2, 0.25) is 0 Å². The van der Waals surface area contributed by atoms with Gasteiger partial charge in [-0.05, 0) is 61.6 Å². The highest BCUT2D eigenvalue weighted by Gasteiger charge is 2.13. The molecular weight excluding hydrogens is 352 g/mol. The second-order valence-corrected chi connectivity index (χ2v) is 4.92. The molecule has 0 spiro atoms. The highest BCUT2D eigenvalue weighted by Crippen LogP contribution is 2.41. The largest absolute Gasteiger partial charge is 0.507 e. The molecule has 0 amide bonds. The molecule has 66 valence electrons. The van der Waals surface area contributed by atoms with Crippen LogP contribution in [0, 0.1) is 13.8 Å². The third-order valence-corrected chi connectivity index (χ3v) is 5.59. The maximum absolute atomic E-state index is 9.61. The minimum Gasteiger partial charge on any atom is -0.507 e. The number of hydrogen-bond donors (Lipinski definition) is 1. The van der Waals surface area contributed by atoms with Crippen LogP contribution in [0.1, 0.15) is 11.1 Å². The Morgan fingerprint density at radius 3 is 1.50 bits per heavy atom. The van der Waals surface area contributed by atoms with Gasteiger partial charge in [-0.3, -0.25) is 0 Å². The Hall–Kier alpha value is 0.460. The molecule has 1 N–H and O–H groups in total. The van der Waals surface area contributed by atoms with Crippen molar-refractivity contribution in [3.63, 3.8) is 0 Å². The molecule has 0 heterocycles. The van der Waals surface area contributed by atoms with Gasteiger partial charge in [0.1, 0.15) is 5.75 Å². The maximum Gasteiger partial charge on any atom is 0.123 e. The van der Waals surface area contributed by atoms with E-state index in [1.807, 2.05) is 13.8 Å². The monoisotopic (exact) mass is 356 g/mol. The van der Waals surface area contributed by atoms with Gasteiger partial charge < -0.3 is 5.11 Å². The van der Waals surface area contributed by atoms with E-state index >= 15 is 0 Å². The summed E-state index contributed by atoms with van der Waals surface area (Å²) in [5, 5.41) is 9.61. The lowest BCUT2D eigenvalue weighted by atomic mass is 10.1. The zero-order valence-electron chi connectivity index (χ0n) is 6.58. The predicted molar refractivity (Wildman–Crippen MR) is 60.7 cm³/mol. The quantitative estimate of drug-likeness (QED) is 0.686. The Balaban J connectivity index is 3.60. The van der Waals surface area contributed by atoms with Crippen LogP contribution in [-0.4, -0.2) is 5.11 Å². The number of hydrogen-bond acceptors (Lipinski definition) is 1. The van der Waals surface area contributed by atoms with E-state index in [-0.39, 0.29) is 0 Å². The Labute approximate surface area is 96.6 Å². The molecule has 0 fully saturated rings. The van der Waals surface area contributed by atoms with E-state index in [2.05, 4.69) is 47.8 Å². The molecule has 1 aromatic rings. The van der Waals surface area contributed by atoms with Crippen molar-refractivity contribution in [1.29, 1.82) is 0 Å². The minimum absolute atomic E-state index is 0.331. The summed E-state index contributed by atoms with van der Waals surface area (Å²) in [6.45, 7) is 3.73. The molecule has 4 heteroatoms. The average molecular weight is 359 g/mol. The summed E-state index contributed by atoms with van der Waals surface area (Å²) in [5.74, 6) is 0.331. The molecule has 1 aromatic carbocycles. The molecule has 0 saturated heterocycles. The molecule has 12 heavy (non-hydrogen) atoms. The van der Waals surface area contributed by atoms with Gasteiger partial charge in [0.15, 0.2) is 0 Å². The van der Waals surface area contributed by atoms with Crippen LogP contribution >= 0.6 is 47.8 Å². The molecule has 0 aromatic heterocycles. The third-order valence-electron chi connectivity index (χ3n) is 1.75. The lowest BCUT2D eigenvalue weighted by molar-refractivity contribution is 0.465. The Morgan fingerprint density at radius 2 is 1.17 bits per heavy atom. The molecule has 0 radical (unpaired) electrons. The summed E-state index contributed by atoms with van der Waals surface area (Å²) in [6.07, 6.45) is 0. The number of benzene rings is 1. The zero-order valence-corrected chi connectivity index (χ0v) is 11.3. The fraction of sp³-hybridized carbons (Fsp3) is 0.250. The summed E-state index contributed by atoms with van der Waals surface area (Å²) in [4.78, 5) is 0. The number of rotatable bonds is 0. The fourth-order valence-corrected chi connectivity index (χ4v) is 2.55. The Morgan fingerprint density at radius 1 is 0.833 bits per heavy atom. The summed E-state index contributed by atoms with van der Waals surface area (Å²) >= 11 is 10.2. The summed E-state index contributed by atoms with van der Waals surface area (Å²) in [5.41, 5.74) is 1.70. The van der Waals surface area contributed by atoms with E-state index < -0.39 is 0 Å². The first-order valence-electron chi connectivity index (χ1n) is 3.29. The molecule has 1 nitrogen and oxygen atoms in total. The smallest absolute Gasteiger partial charge is 0.123 e. The zero-order chi connectivity index (χ0) is 9.46. The highest BCUT2D eigenvalue weighted by atomic mass is 79.9. The van der Waals surface area contributed by atoms with E-state index in [9.17, 15) is 5.11 Å². The van der Waals surface area contributed by atoms with Gasteiger partial charge in [0, 0.05) is 24.5 Å². The van der Waals surface area contributed by atoms with Gasteiger partial charge in [0.25, 0.3) is 0 Å². The van der Waals surface area contributed by atoms with Crippen molar-refractivity contribution in [1.82, 2.24) is 0 Å². The van der Waals surface area contributed by atoms with Crippen molar-refractivity contribution in [2.45, 2.75) is 13.8 Å². The number of phenolic OH excluding ortho intramolecular Hbond substituents is 1. The second-order valence-electron chi connectivity index (χ2n) is 2.54. The van der Waals surface area contributed by atoms with Crippen LogP contribution in [0.3, 0.4) is 0 Å². The van der Waals surface area contributed by atoms with E-state index in [1.165, 1.54) is 0 Å². The van der Waals surface area contributed by atoms with Gasteiger partial charge in [0.05, 0.1) is 0 Å². The van der Waals surface area contributed by atoms with Gasteiger partial charge in [-0.15, -0.1) is 0 Å². The van der Waals surface area contributed by atoms with Crippen molar-refractivity contribution < 1.29 is 5.11 Å². The van der Waals surface area contributed by atoms with Crippen molar-refractivity contribution >= 4 is 47.8 Å². The summed E-state index contributed by atoms with van der Waals surface area (Å²) in [6, 6.07) is 0. The van der Waals surface area contributed by atoms with Crippen molar-refractivity contribution in [2.24, 2.45) is 0 Å². The van der Waals surface area contributed by atoms with Crippen LogP contribution in [0.25, 0.3) is 0 Å². The van der Waals surface area contributed by atoms with Gasteiger partial charge in [-0.1, -0.05) is 0 Å². The molecule has 0 bridgehead atoms. The van der Waals surface area contributed by atoms with Crippen molar-refractivity contribution in [3.8, 4) is 5.75 Å². The van der Waals surface area contributed by atoms with E-state index in [1.54, 1.807) is 0 Å². The Kier molecular flexibility index (Phi) is 3.23. The molecule has 0 unspecified atom stereocenters.